The first-order chi connectivity index (χ1) is 44.6. The van der Waals surface area contributed by atoms with E-state index in [0.29, 0.717) is 62.8 Å². The molecule has 554 valence electrons. The SMILES string of the molecule is C=C(Cl)/C=C/[C@H](CC(=C)C[C@H]1O[C@@H]([C@H](O[Si](CC)(CC)CC)[C@@]2(OC)C[C@H](O[Si](C)(C)C(C)(C)C)[C@@H](C)[C@@H](CCC/C=C\CCCC(=O)OCC/C=C\[C@H]3C[C@](C)(O[Si](CC)(CC)CC)C[C@@]4(O[C@@H](CC(=O)O)CC[C@H]4OC(C)=O)O3)O2)[C@H](C)[C@@H](O)[C@@H]1O)O[Si](C)(C)C(C)(C)C. The summed E-state index contributed by atoms with van der Waals surface area (Å²) in [4.78, 5) is 37.4. The number of methoxy groups -OCH3 is 1. The molecule has 4 fully saturated rings. The van der Waals surface area contributed by atoms with Gasteiger partial charge < -0.3 is 66.2 Å². The van der Waals surface area contributed by atoms with Gasteiger partial charge >= 0.3 is 17.9 Å². The van der Waals surface area contributed by atoms with Crippen molar-refractivity contribution >= 4 is 62.8 Å². The predicted molar refractivity (Wildman–Crippen MR) is 394 cm³/mol. The number of hydrogen-bond acceptors (Lipinski definition) is 16. The Morgan fingerprint density at radius 3 is 1.91 bits per heavy atom. The average molecular weight is 1440 g/mol. The van der Waals surface area contributed by atoms with Crippen molar-refractivity contribution in [3.63, 3.8) is 0 Å². The molecule has 0 radical (unpaired) electrons. The van der Waals surface area contributed by atoms with Crippen LogP contribution < -0.4 is 0 Å². The molecule has 0 amide bonds. The highest BCUT2D eigenvalue weighted by Crippen LogP contribution is 2.51. The van der Waals surface area contributed by atoms with E-state index in [2.05, 4.69) is 148 Å². The number of halogens is 1. The molecule has 0 aromatic carbocycles. The number of carbonyl (C=O) groups excluding carboxylic acids is 2. The minimum Gasteiger partial charge on any atom is -0.481 e. The number of aliphatic hydroxyl groups excluding tert-OH is 2. The predicted octanol–water partition coefficient (Wildman–Crippen LogP) is 17.3. The van der Waals surface area contributed by atoms with Gasteiger partial charge in [-0.3, -0.25) is 14.4 Å². The standard InChI is InChI=1S/C74H133ClO17Si4/c1-24-95(25-2,26-3)91-69(68-55(10)66(80)67(81)61(85-68)47-52(7)46-58(42-41-53(8)75)89-93(20,21)70(12,13)14)73(82-19)50-62(90-94(22,23)71(15,16)17)54(9)60(88-73)39-34-32-30-31-33-35-40-65(79)83-45-37-36-38-59-49-72(18,92-96(27-4,28-5)29-6)51-74(87-59)63(84-56(11)76)44-43-57(86-74)48-64(77)78/h30-31,36,38,41-42,54-55,57-63,66-69,80-81H,7-8,24-29,32-35,37,39-40,43-51H2,1-6,9-23H3,(H,77,78)/b31-30-,38-36-,42-41+/t54-,55+,57+,58+,59-,60+,61+,62-,63+,66+,67+,68+,69-,72-,73+,74+/m0/s1. The molecule has 0 aliphatic carbocycles. The lowest BCUT2D eigenvalue weighted by atomic mass is 9.78. The normalized spacial score (nSPS) is 30.5. The zero-order valence-corrected chi connectivity index (χ0v) is 68.1. The maximum Gasteiger partial charge on any atom is 0.305 e. The molecule has 0 saturated carbocycles. The van der Waals surface area contributed by atoms with Crippen LogP contribution in [-0.4, -0.2) is 165 Å². The van der Waals surface area contributed by atoms with Crippen molar-refractivity contribution in [2.45, 2.75) is 364 Å². The van der Waals surface area contributed by atoms with Gasteiger partial charge in [-0.2, -0.15) is 0 Å². The summed E-state index contributed by atoms with van der Waals surface area (Å²) in [7, 11) is -7.59. The number of ether oxygens (including phenoxy) is 7. The lowest BCUT2D eigenvalue weighted by Crippen LogP contribution is -2.69. The highest BCUT2D eigenvalue weighted by Gasteiger charge is 2.62. The highest BCUT2D eigenvalue weighted by molar-refractivity contribution is 6.75. The van der Waals surface area contributed by atoms with Crippen LogP contribution in [0, 0.1) is 11.8 Å². The van der Waals surface area contributed by atoms with E-state index in [1.807, 2.05) is 25.2 Å². The monoisotopic (exact) mass is 1440 g/mol. The van der Waals surface area contributed by atoms with Gasteiger partial charge in [-0.1, -0.05) is 158 Å². The van der Waals surface area contributed by atoms with Gasteiger partial charge in [-0.05, 0) is 150 Å². The van der Waals surface area contributed by atoms with Gasteiger partial charge in [0.25, 0.3) is 0 Å². The fourth-order valence-corrected chi connectivity index (χ4v) is 22.8. The number of unbranched alkanes of at least 4 members (excludes halogenated alkanes) is 2. The summed E-state index contributed by atoms with van der Waals surface area (Å²) in [5.74, 6) is -5.04. The smallest absolute Gasteiger partial charge is 0.305 e. The quantitative estimate of drug-likeness (QED) is 0.0172. The summed E-state index contributed by atoms with van der Waals surface area (Å²) in [6.45, 7) is 51.7. The molecule has 3 N–H and O–H groups in total. The largest absolute Gasteiger partial charge is 0.481 e. The van der Waals surface area contributed by atoms with Gasteiger partial charge in [0.2, 0.25) is 5.79 Å². The van der Waals surface area contributed by atoms with E-state index in [9.17, 15) is 29.7 Å². The molecule has 0 unspecified atom stereocenters. The molecule has 0 aromatic heterocycles. The molecule has 1 spiro atoms. The van der Waals surface area contributed by atoms with Gasteiger partial charge in [0.15, 0.2) is 45.2 Å². The number of carboxylic acids is 1. The molecule has 4 aliphatic rings. The first-order valence-electron chi connectivity index (χ1n) is 36.5. The Morgan fingerprint density at radius 2 is 1.35 bits per heavy atom. The Balaban J connectivity index is 1.49. The van der Waals surface area contributed by atoms with Crippen LogP contribution in [0.1, 0.15) is 207 Å². The van der Waals surface area contributed by atoms with Crippen LogP contribution in [0.2, 0.25) is 72.5 Å². The van der Waals surface area contributed by atoms with Crippen LogP contribution in [0.15, 0.2) is 60.2 Å². The minimum atomic E-state index is -2.50. The number of rotatable bonds is 38. The number of hydrogen-bond donors (Lipinski definition) is 3. The Labute approximate surface area is 589 Å². The zero-order valence-electron chi connectivity index (χ0n) is 63.4. The molecule has 0 aromatic rings. The fraction of sp³-hybridized carbons (Fsp3) is 0.824. The lowest BCUT2D eigenvalue weighted by Gasteiger charge is -2.56. The molecule has 17 nitrogen and oxygen atoms in total. The van der Waals surface area contributed by atoms with Gasteiger partial charge in [0, 0.05) is 56.6 Å². The molecule has 4 heterocycles. The summed E-state index contributed by atoms with van der Waals surface area (Å²) in [5.41, 5.74) is 0.0946. The van der Waals surface area contributed by atoms with Gasteiger partial charge in [-0.25, -0.2) is 0 Å². The van der Waals surface area contributed by atoms with Crippen molar-refractivity contribution in [3.05, 3.63) is 60.2 Å². The van der Waals surface area contributed by atoms with Gasteiger partial charge in [0.05, 0.1) is 67.5 Å². The fourth-order valence-electron chi connectivity index (χ4n) is 14.0. The van der Waals surface area contributed by atoms with E-state index in [-0.39, 0.29) is 72.6 Å². The van der Waals surface area contributed by atoms with Crippen LogP contribution in [0.4, 0.5) is 0 Å². The first kappa shape index (κ1) is 86.2. The number of carbonyl (C=O) groups is 3. The number of aliphatic carboxylic acids is 1. The molecule has 4 saturated heterocycles. The highest BCUT2D eigenvalue weighted by atomic mass is 35.5. The minimum absolute atomic E-state index is 0.00600. The summed E-state index contributed by atoms with van der Waals surface area (Å²) < 4.78 is 75.7. The number of aliphatic hydroxyl groups is 2. The number of esters is 2. The van der Waals surface area contributed by atoms with Crippen LogP contribution in [-0.2, 0) is 65.2 Å². The average Bonchev–Trinajstić information content (AvgIpc) is 0.748. The maximum absolute atomic E-state index is 13.1. The van der Waals surface area contributed by atoms with Crippen molar-refractivity contribution in [1.82, 2.24) is 0 Å². The van der Waals surface area contributed by atoms with Crippen molar-refractivity contribution in [3.8, 4) is 0 Å². The summed E-state index contributed by atoms with van der Waals surface area (Å²) in [6.07, 6.45) is 11.3. The van der Waals surface area contributed by atoms with Crippen LogP contribution >= 0.6 is 11.6 Å². The van der Waals surface area contributed by atoms with E-state index >= 15 is 0 Å². The maximum atomic E-state index is 13.1. The second kappa shape index (κ2) is 37.3. The topological polar surface area (TPSA) is 213 Å². The summed E-state index contributed by atoms with van der Waals surface area (Å²) in [6, 6.07) is 5.36. The van der Waals surface area contributed by atoms with E-state index in [0.717, 1.165) is 54.7 Å². The molecular formula is C74H133ClO17Si4. The molecule has 4 rings (SSSR count). The molecule has 96 heavy (non-hydrogen) atoms. The van der Waals surface area contributed by atoms with Crippen LogP contribution in [0.25, 0.3) is 0 Å². The Hall–Kier alpha value is -2.17. The lowest BCUT2D eigenvalue weighted by molar-refractivity contribution is -0.363. The second-order valence-corrected chi connectivity index (χ2v) is 51.1. The van der Waals surface area contributed by atoms with Crippen LogP contribution in [0.5, 0.6) is 0 Å². The third kappa shape index (κ3) is 24.0. The van der Waals surface area contributed by atoms with E-state index < -0.39 is 117 Å². The third-order valence-electron chi connectivity index (χ3n) is 22.5. The van der Waals surface area contributed by atoms with Crippen molar-refractivity contribution in [2.75, 3.05) is 13.7 Å². The number of allylic oxidation sites excluding steroid dienone is 4. The van der Waals surface area contributed by atoms with Crippen molar-refractivity contribution in [1.29, 1.82) is 0 Å². The van der Waals surface area contributed by atoms with E-state index in [4.69, 9.17) is 62.5 Å². The van der Waals surface area contributed by atoms with E-state index in [1.54, 1.807) is 13.2 Å². The van der Waals surface area contributed by atoms with Crippen molar-refractivity contribution < 1.29 is 80.6 Å². The number of carboxylic acid groups (broad SMARTS) is 1. The molecule has 0 bridgehead atoms. The van der Waals surface area contributed by atoms with Crippen molar-refractivity contribution in [2.24, 2.45) is 11.8 Å². The third-order valence-corrected chi connectivity index (χ3v) is 41.0. The summed E-state index contributed by atoms with van der Waals surface area (Å²) in [5, 5.41) is 34.1. The Kier molecular flexibility index (Phi) is 33.5. The second-order valence-electron chi connectivity index (χ2n) is 31.7. The molecular weight excluding hydrogens is 1310 g/mol. The Morgan fingerprint density at radius 1 is 0.750 bits per heavy atom. The molecule has 4 aliphatic heterocycles. The van der Waals surface area contributed by atoms with Gasteiger partial charge in [0.1, 0.15) is 12.2 Å². The molecule has 22 heteroatoms. The Bertz CT molecular complexity index is 2540. The summed E-state index contributed by atoms with van der Waals surface area (Å²) >= 11 is 6.25. The zero-order chi connectivity index (χ0) is 72.5. The first-order valence-corrected chi connectivity index (χ1v) is 47.8. The van der Waals surface area contributed by atoms with Gasteiger partial charge in [-0.15, -0.1) is 0 Å². The van der Waals surface area contributed by atoms with E-state index in [1.165, 1.54) is 6.92 Å². The molecule has 16 atom stereocenters. The van der Waals surface area contributed by atoms with Crippen LogP contribution in [0.3, 0.4) is 0 Å².